The van der Waals surface area contributed by atoms with E-state index in [9.17, 15) is 0 Å². The summed E-state index contributed by atoms with van der Waals surface area (Å²) in [5.74, 6) is 0. The Morgan fingerprint density at radius 2 is 0.944 bits per heavy atom. The van der Waals surface area contributed by atoms with Crippen LogP contribution in [0.4, 0.5) is 0 Å². The van der Waals surface area contributed by atoms with Gasteiger partial charge in [0.2, 0.25) is 0 Å². The van der Waals surface area contributed by atoms with Crippen LogP contribution < -0.4 is 9.13 Å². The summed E-state index contributed by atoms with van der Waals surface area (Å²) in [5, 5.41) is 0. The molecule has 0 aliphatic carbocycles. The zero-order chi connectivity index (χ0) is 25.0. The molecule has 4 aromatic heterocycles. The zero-order valence-electron chi connectivity index (χ0n) is 21.9. The molecule has 186 valence electrons. The highest BCUT2D eigenvalue weighted by Gasteiger charge is 2.16. The first-order chi connectivity index (χ1) is 17.8. The summed E-state index contributed by atoms with van der Waals surface area (Å²) in [6.07, 6.45) is 22.7. The van der Waals surface area contributed by atoms with Crippen molar-refractivity contribution in [2.45, 2.75) is 78.3 Å². The van der Waals surface area contributed by atoms with E-state index in [0.29, 0.717) is 0 Å². The number of rotatable bonds is 13. The van der Waals surface area contributed by atoms with Gasteiger partial charge in [0.15, 0.2) is 24.8 Å². The fraction of sp³-hybridized carbons (Fsp3) is 0.375. The van der Waals surface area contributed by atoms with Crippen molar-refractivity contribution < 1.29 is 9.13 Å². The molecule has 36 heavy (non-hydrogen) atoms. The molecule has 4 aromatic rings. The Hall–Kier alpha value is -3.40. The van der Waals surface area contributed by atoms with Crippen molar-refractivity contribution in [1.82, 2.24) is 9.97 Å². The Bertz CT molecular complexity index is 1100. The molecule has 0 atom stereocenters. The van der Waals surface area contributed by atoms with Crippen LogP contribution in [-0.2, 0) is 13.1 Å². The maximum Gasteiger partial charge on any atom is 0.169 e. The van der Waals surface area contributed by atoms with E-state index in [-0.39, 0.29) is 0 Å². The Morgan fingerprint density at radius 1 is 0.528 bits per heavy atom. The molecule has 0 fully saturated rings. The highest BCUT2D eigenvalue weighted by Crippen LogP contribution is 2.35. The number of aromatic nitrogens is 4. The lowest BCUT2D eigenvalue weighted by molar-refractivity contribution is -0.697. The van der Waals surface area contributed by atoms with E-state index in [1.807, 2.05) is 24.5 Å². The van der Waals surface area contributed by atoms with Crippen molar-refractivity contribution in [3.63, 3.8) is 0 Å². The molecule has 4 heterocycles. The molecule has 0 amide bonds. The van der Waals surface area contributed by atoms with Gasteiger partial charge in [0, 0.05) is 71.8 Å². The molecular formula is C32H40N4+2. The predicted molar refractivity (Wildman–Crippen MR) is 147 cm³/mol. The van der Waals surface area contributed by atoms with Crippen LogP contribution in [0.3, 0.4) is 0 Å². The standard InChI is InChI=1S/C32H40N4/c1-3-5-7-9-21-35-23-15-27(16-24-35)31-29(13-11-19-33-31)30-14-12-20-34-32(30)28-17-25-36(26-18-28)22-10-8-6-4-2/h11-20,23-26H,3-10,21-22H2,1-2H3/q+2. The van der Waals surface area contributed by atoms with Crippen LogP contribution in [0, 0.1) is 0 Å². The van der Waals surface area contributed by atoms with Gasteiger partial charge in [-0.1, -0.05) is 51.7 Å². The highest BCUT2D eigenvalue weighted by atomic mass is 14.9. The van der Waals surface area contributed by atoms with Crippen molar-refractivity contribution in [3.05, 3.63) is 85.7 Å². The lowest BCUT2D eigenvalue weighted by Crippen LogP contribution is -2.32. The van der Waals surface area contributed by atoms with Gasteiger partial charge < -0.3 is 0 Å². The minimum atomic E-state index is 0.992. The van der Waals surface area contributed by atoms with E-state index in [1.165, 1.54) is 51.4 Å². The molecule has 0 radical (unpaired) electrons. The SMILES string of the molecule is CCCCCC[n+]1ccc(-c2ncccc2-c2cccnc2-c2cc[n+](CCCCCC)cc2)cc1. The average molecular weight is 481 g/mol. The lowest BCUT2D eigenvalue weighted by atomic mass is 9.96. The molecule has 0 spiro atoms. The van der Waals surface area contributed by atoms with Crippen molar-refractivity contribution in [2.24, 2.45) is 0 Å². The monoisotopic (exact) mass is 480 g/mol. The second kappa shape index (κ2) is 13.6. The highest BCUT2D eigenvalue weighted by molar-refractivity contribution is 5.88. The first-order valence-corrected chi connectivity index (χ1v) is 13.7. The van der Waals surface area contributed by atoms with Gasteiger partial charge in [0.25, 0.3) is 0 Å². The third kappa shape index (κ3) is 6.84. The molecule has 0 N–H and O–H groups in total. The molecule has 0 aromatic carbocycles. The fourth-order valence-electron chi connectivity index (χ4n) is 4.68. The molecule has 4 rings (SSSR count). The third-order valence-corrected chi connectivity index (χ3v) is 6.77. The topological polar surface area (TPSA) is 33.5 Å². The summed E-state index contributed by atoms with van der Waals surface area (Å²) in [5.41, 5.74) is 6.46. The van der Waals surface area contributed by atoms with Crippen molar-refractivity contribution in [2.75, 3.05) is 0 Å². The summed E-state index contributed by atoms with van der Waals surface area (Å²) in [4.78, 5) is 9.60. The minimum Gasteiger partial charge on any atom is -0.256 e. The van der Waals surface area contributed by atoms with Crippen molar-refractivity contribution >= 4 is 0 Å². The van der Waals surface area contributed by atoms with Gasteiger partial charge in [-0.05, 0) is 25.0 Å². The molecule has 0 saturated heterocycles. The molecule has 0 aliphatic heterocycles. The van der Waals surface area contributed by atoms with Crippen molar-refractivity contribution in [1.29, 1.82) is 0 Å². The molecule has 0 saturated carbocycles. The van der Waals surface area contributed by atoms with Crippen LogP contribution in [-0.4, -0.2) is 9.97 Å². The second-order valence-corrected chi connectivity index (χ2v) is 9.57. The Kier molecular flexibility index (Phi) is 9.72. The van der Waals surface area contributed by atoms with Gasteiger partial charge in [0.1, 0.15) is 13.1 Å². The third-order valence-electron chi connectivity index (χ3n) is 6.77. The first kappa shape index (κ1) is 25.7. The van der Waals surface area contributed by atoms with E-state index >= 15 is 0 Å². The van der Waals surface area contributed by atoms with Crippen LogP contribution >= 0.6 is 0 Å². The van der Waals surface area contributed by atoms with E-state index < -0.39 is 0 Å². The Balaban J connectivity index is 1.57. The Morgan fingerprint density at radius 3 is 1.33 bits per heavy atom. The summed E-state index contributed by atoms with van der Waals surface area (Å²) in [6, 6.07) is 17.1. The van der Waals surface area contributed by atoms with E-state index in [1.54, 1.807) is 0 Å². The number of aryl methyl sites for hydroxylation is 2. The molecule has 4 heteroatoms. The number of pyridine rings is 4. The van der Waals surface area contributed by atoms with Gasteiger partial charge in [-0.15, -0.1) is 0 Å². The van der Waals surface area contributed by atoms with E-state index in [4.69, 9.17) is 9.97 Å². The lowest BCUT2D eigenvalue weighted by Gasteiger charge is -2.12. The van der Waals surface area contributed by atoms with Crippen LogP contribution in [0.2, 0.25) is 0 Å². The quantitative estimate of drug-likeness (QED) is 0.150. The number of unbranched alkanes of at least 4 members (excludes halogenated alkanes) is 6. The van der Waals surface area contributed by atoms with Crippen molar-refractivity contribution in [3.8, 4) is 33.6 Å². The van der Waals surface area contributed by atoms with Gasteiger partial charge in [0.05, 0.1) is 11.4 Å². The molecule has 4 nitrogen and oxygen atoms in total. The maximum absolute atomic E-state index is 4.80. The van der Waals surface area contributed by atoms with Gasteiger partial charge in [-0.3, -0.25) is 9.97 Å². The number of hydrogen-bond acceptors (Lipinski definition) is 2. The summed E-state index contributed by atoms with van der Waals surface area (Å²) in [6.45, 7) is 6.64. The predicted octanol–water partition coefficient (Wildman–Crippen LogP) is 7.21. The molecule has 0 aliphatic rings. The van der Waals surface area contributed by atoms with Gasteiger partial charge in [-0.25, -0.2) is 9.13 Å². The fourth-order valence-corrected chi connectivity index (χ4v) is 4.68. The minimum absolute atomic E-state index is 0.992. The second-order valence-electron chi connectivity index (χ2n) is 9.57. The molecular weight excluding hydrogens is 440 g/mol. The van der Waals surface area contributed by atoms with E-state index in [2.05, 4.69) is 84.2 Å². The first-order valence-electron chi connectivity index (χ1n) is 13.7. The Labute approximate surface area is 216 Å². The van der Waals surface area contributed by atoms with Crippen LogP contribution in [0.1, 0.15) is 65.2 Å². The smallest absolute Gasteiger partial charge is 0.169 e. The van der Waals surface area contributed by atoms with Gasteiger partial charge in [-0.2, -0.15) is 0 Å². The molecule has 0 bridgehead atoms. The average Bonchev–Trinajstić information content (AvgIpc) is 2.94. The summed E-state index contributed by atoms with van der Waals surface area (Å²) in [7, 11) is 0. The molecule has 0 unspecified atom stereocenters. The number of hydrogen-bond donors (Lipinski definition) is 0. The van der Waals surface area contributed by atoms with Crippen LogP contribution in [0.15, 0.2) is 85.7 Å². The number of nitrogens with zero attached hydrogens (tertiary/aromatic N) is 4. The van der Waals surface area contributed by atoms with Crippen LogP contribution in [0.5, 0.6) is 0 Å². The van der Waals surface area contributed by atoms with Gasteiger partial charge >= 0.3 is 0 Å². The maximum atomic E-state index is 4.80. The summed E-state index contributed by atoms with van der Waals surface area (Å²) < 4.78 is 4.55. The van der Waals surface area contributed by atoms with E-state index in [0.717, 1.165) is 46.7 Å². The summed E-state index contributed by atoms with van der Waals surface area (Å²) >= 11 is 0. The zero-order valence-corrected chi connectivity index (χ0v) is 21.9. The largest absolute Gasteiger partial charge is 0.256 e. The van der Waals surface area contributed by atoms with Crippen LogP contribution in [0.25, 0.3) is 33.6 Å². The normalized spacial score (nSPS) is 11.1.